The predicted octanol–water partition coefficient (Wildman–Crippen LogP) is 0.700. The first kappa shape index (κ1) is 15.0. The van der Waals surface area contributed by atoms with Crippen LogP contribution in [0.3, 0.4) is 0 Å². The van der Waals surface area contributed by atoms with Gasteiger partial charge in [-0.3, -0.25) is 10.1 Å². The molecule has 0 spiro atoms. The van der Waals surface area contributed by atoms with Crippen LogP contribution in [0.25, 0.3) is 0 Å². The molecule has 1 aliphatic heterocycles. The smallest absolute Gasteiger partial charge is 0.298 e. The van der Waals surface area contributed by atoms with Gasteiger partial charge in [-0.15, -0.1) is 0 Å². The molecule has 0 amide bonds. The van der Waals surface area contributed by atoms with Crippen LogP contribution >= 0.6 is 0 Å². The number of hydrogen-bond acceptors (Lipinski definition) is 7. The number of ether oxygens (including phenoxy) is 1. The zero-order valence-electron chi connectivity index (χ0n) is 11.6. The average Bonchev–Trinajstić information content (AvgIpc) is 2.53. The maximum Gasteiger partial charge on any atom is 0.298 e. The van der Waals surface area contributed by atoms with Crippen molar-refractivity contribution >= 4 is 17.3 Å². The van der Waals surface area contributed by atoms with E-state index in [4.69, 9.17) is 15.7 Å². The number of hydrogen-bond donors (Lipinski definition) is 2. The first-order chi connectivity index (χ1) is 10.1. The van der Waals surface area contributed by atoms with Crippen LogP contribution in [0.1, 0.15) is 19.0 Å². The van der Waals surface area contributed by atoms with E-state index in [2.05, 4.69) is 10.1 Å². The van der Waals surface area contributed by atoms with Gasteiger partial charge in [0.15, 0.2) is 11.5 Å². The van der Waals surface area contributed by atoms with Crippen molar-refractivity contribution in [3.63, 3.8) is 0 Å². The molecule has 0 aromatic carbocycles. The molecule has 0 radical (unpaired) electrons. The Labute approximate surface area is 121 Å². The van der Waals surface area contributed by atoms with E-state index < -0.39 is 4.92 Å². The summed E-state index contributed by atoms with van der Waals surface area (Å²) in [7, 11) is 0. The van der Waals surface area contributed by atoms with Gasteiger partial charge in [0.25, 0.3) is 5.69 Å². The summed E-state index contributed by atoms with van der Waals surface area (Å²) in [5.74, 6) is 0.160. The third-order valence-corrected chi connectivity index (χ3v) is 3.32. The number of anilines is 1. The van der Waals surface area contributed by atoms with Crippen LogP contribution in [0.5, 0.6) is 0 Å². The van der Waals surface area contributed by atoms with Gasteiger partial charge in [0, 0.05) is 19.2 Å². The number of amidine groups is 1. The maximum atomic E-state index is 11.0. The van der Waals surface area contributed by atoms with Crippen molar-refractivity contribution in [2.24, 2.45) is 10.9 Å². The standard InChI is InChI=1S/C12H17N5O4/c1-2-8-7-16(5-6-21-8)10-4-3-9(17(19)20)11(14-10)12(13)15-18/h3-4,8,18H,2,5-7H2,1H3,(H2,13,15). The molecule has 0 saturated carbocycles. The van der Waals surface area contributed by atoms with Gasteiger partial charge in [0.2, 0.25) is 0 Å². The van der Waals surface area contributed by atoms with Crippen molar-refractivity contribution < 1.29 is 14.9 Å². The Morgan fingerprint density at radius 2 is 2.48 bits per heavy atom. The van der Waals surface area contributed by atoms with E-state index in [1.807, 2.05) is 11.8 Å². The van der Waals surface area contributed by atoms with Gasteiger partial charge in [0.1, 0.15) is 5.82 Å². The molecule has 1 aromatic heterocycles. The predicted molar refractivity (Wildman–Crippen MR) is 75.6 cm³/mol. The van der Waals surface area contributed by atoms with Crippen LogP contribution in [-0.2, 0) is 4.74 Å². The Morgan fingerprint density at radius 3 is 3.10 bits per heavy atom. The summed E-state index contributed by atoms with van der Waals surface area (Å²) in [6.45, 7) is 3.88. The number of oxime groups is 1. The second kappa shape index (κ2) is 6.35. The lowest BCUT2D eigenvalue weighted by atomic mass is 10.2. The molecule has 1 unspecified atom stereocenters. The average molecular weight is 295 g/mol. The Kier molecular flexibility index (Phi) is 4.53. The zero-order chi connectivity index (χ0) is 15.4. The van der Waals surface area contributed by atoms with Gasteiger partial charge >= 0.3 is 0 Å². The lowest BCUT2D eigenvalue weighted by Gasteiger charge is -2.33. The molecule has 1 aromatic rings. The molecule has 1 fully saturated rings. The van der Waals surface area contributed by atoms with Crippen molar-refractivity contribution in [3.05, 3.63) is 27.9 Å². The fraction of sp³-hybridized carbons (Fsp3) is 0.500. The zero-order valence-corrected chi connectivity index (χ0v) is 11.6. The Hall–Kier alpha value is -2.42. The summed E-state index contributed by atoms with van der Waals surface area (Å²) in [5.41, 5.74) is 5.04. The van der Waals surface area contributed by atoms with Crippen LogP contribution in [-0.4, -0.2) is 46.8 Å². The third-order valence-electron chi connectivity index (χ3n) is 3.32. The summed E-state index contributed by atoms with van der Waals surface area (Å²) in [4.78, 5) is 16.5. The van der Waals surface area contributed by atoms with Gasteiger partial charge in [-0.25, -0.2) is 4.98 Å². The molecule has 1 aliphatic rings. The van der Waals surface area contributed by atoms with E-state index in [9.17, 15) is 10.1 Å². The molecule has 9 heteroatoms. The molecule has 21 heavy (non-hydrogen) atoms. The largest absolute Gasteiger partial charge is 0.409 e. The fourth-order valence-electron chi connectivity index (χ4n) is 2.18. The lowest BCUT2D eigenvalue weighted by molar-refractivity contribution is -0.385. The van der Waals surface area contributed by atoms with Crippen molar-refractivity contribution in [1.29, 1.82) is 0 Å². The van der Waals surface area contributed by atoms with E-state index >= 15 is 0 Å². The first-order valence-electron chi connectivity index (χ1n) is 6.56. The van der Waals surface area contributed by atoms with Crippen LogP contribution in [0.2, 0.25) is 0 Å². The highest BCUT2D eigenvalue weighted by Crippen LogP contribution is 2.23. The number of nitrogens with two attached hydrogens (primary N) is 1. The first-order valence-corrected chi connectivity index (χ1v) is 6.56. The monoisotopic (exact) mass is 295 g/mol. The fourth-order valence-corrected chi connectivity index (χ4v) is 2.18. The molecule has 2 heterocycles. The maximum absolute atomic E-state index is 11.0. The minimum absolute atomic E-state index is 0.100. The number of morpholine rings is 1. The molecular formula is C12H17N5O4. The molecule has 114 valence electrons. The summed E-state index contributed by atoms with van der Waals surface area (Å²) in [6.07, 6.45) is 0.972. The number of aromatic nitrogens is 1. The van der Waals surface area contributed by atoms with Gasteiger partial charge in [-0.1, -0.05) is 12.1 Å². The summed E-state index contributed by atoms with van der Waals surface area (Å²) >= 11 is 0. The summed E-state index contributed by atoms with van der Waals surface area (Å²) in [6, 6.07) is 2.87. The number of rotatable bonds is 4. The molecule has 0 bridgehead atoms. The molecule has 1 atom stereocenters. The molecule has 3 N–H and O–H groups in total. The number of pyridine rings is 1. The van der Waals surface area contributed by atoms with Gasteiger partial charge in [-0.05, 0) is 12.5 Å². The molecule has 1 saturated heterocycles. The van der Waals surface area contributed by atoms with Gasteiger partial charge < -0.3 is 20.6 Å². The van der Waals surface area contributed by atoms with Crippen molar-refractivity contribution in [2.75, 3.05) is 24.6 Å². The molecular weight excluding hydrogens is 278 g/mol. The van der Waals surface area contributed by atoms with E-state index in [1.165, 1.54) is 6.07 Å². The Balaban J connectivity index is 2.35. The van der Waals surface area contributed by atoms with E-state index in [1.54, 1.807) is 6.07 Å². The molecule has 0 aliphatic carbocycles. The molecule has 2 rings (SSSR count). The number of nitrogens with zero attached hydrogens (tertiary/aromatic N) is 4. The Morgan fingerprint density at radius 1 is 1.71 bits per heavy atom. The van der Waals surface area contributed by atoms with E-state index in [-0.39, 0.29) is 23.3 Å². The lowest BCUT2D eigenvalue weighted by Crippen LogP contribution is -2.42. The van der Waals surface area contributed by atoms with Crippen LogP contribution in [0.4, 0.5) is 11.5 Å². The third kappa shape index (κ3) is 3.19. The normalized spacial score (nSPS) is 19.6. The van der Waals surface area contributed by atoms with Crippen molar-refractivity contribution in [1.82, 2.24) is 4.98 Å². The topological polar surface area (TPSA) is 127 Å². The van der Waals surface area contributed by atoms with Crippen molar-refractivity contribution in [3.8, 4) is 0 Å². The Bertz CT molecular complexity index is 563. The highest BCUT2D eigenvalue weighted by atomic mass is 16.6. The van der Waals surface area contributed by atoms with Crippen molar-refractivity contribution in [2.45, 2.75) is 19.4 Å². The van der Waals surface area contributed by atoms with Crippen LogP contribution in [0, 0.1) is 10.1 Å². The van der Waals surface area contributed by atoms with E-state index in [0.29, 0.717) is 25.5 Å². The van der Waals surface area contributed by atoms with E-state index in [0.717, 1.165) is 6.42 Å². The number of nitro groups is 1. The van der Waals surface area contributed by atoms with Crippen LogP contribution < -0.4 is 10.6 Å². The highest BCUT2D eigenvalue weighted by Gasteiger charge is 2.24. The molecule has 9 nitrogen and oxygen atoms in total. The van der Waals surface area contributed by atoms with Gasteiger partial charge in [0.05, 0.1) is 17.6 Å². The SMILES string of the molecule is CCC1CN(c2ccc([N+](=O)[O-])c(/C(N)=N/O)n2)CCO1. The highest BCUT2D eigenvalue weighted by molar-refractivity contribution is 5.99. The second-order valence-corrected chi connectivity index (χ2v) is 4.63. The quantitative estimate of drug-likeness (QED) is 0.275. The second-order valence-electron chi connectivity index (χ2n) is 4.63. The minimum atomic E-state index is -0.613. The summed E-state index contributed by atoms with van der Waals surface area (Å²) < 4.78 is 5.57. The van der Waals surface area contributed by atoms with Crippen LogP contribution in [0.15, 0.2) is 17.3 Å². The van der Waals surface area contributed by atoms with Gasteiger partial charge in [-0.2, -0.15) is 0 Å². The summed E-state index contributed by atoms with van der Waals surface area (Å²) in [5, 5.41) is 22.5. The minimum Gasteiger partial charge on any atom is -0.409 e.